The van der Waals surface area contributed by atoms with Crippen molar-refractivity contribution in [3.63, 3.8) is 0 Å². The third kappa shape index (κ3) is 3.30. The Hall–Kier alpha value is -1.57. The lowest BCUT2D eigenvalue weighted by atomic mass is 10.2. The quantitative estimate of drug-likeness (QED) is 0.368. The fourth-order valence-corrected chi connectivity index (χ4v) is 3.30. The van der Waals surface area contributed by atoms with Crippen molar-refractivity contribution in [3.05, 3.63) is 62.6 Å². The number of para-hydroxylation sites is 1. The molecule has 0 radical (unpaired) electrons. The average molecular weight is 354 g/mol. The first-order valence-electron chi connectivity index (χ1n) is 5.73. The molecule has 2 rings (SSSR count). The van der Waals surface area contributed by atoms with Gasteiger partial charge in [0.2, 0.25) is 0 Å². The van der Waals surface area contributed by atoms with Gasteiger partial charge in [0.25, 0.3) is 5.69 Å². The SMILES string of the molecule is NNc1c(CSc2ccccc2Br)cccc1[N+](=O)[O-]. The van der Waals surface area contributed by atoms with E-state index in [2.05, 4.69) is 21.4 Å². The minimum Gasteiger partial charge on any atom is -0.318 e. The molecule has 7 heteroatoms. The monoisotopic (exact) mass is 353 g/mol. The summed E-state index contributed by atoms with van der Waals surface area (Å²) in [5, 5.41) is 11.0. The topological polar surface area (TPSA) is 81.2 Å². The first-order valence-corrected chi connectivity index (χ1v) is 7.51. The molecular weight excluding hydrogens is 342 g/mol. The average Bonchev–Trinajstić information content (AvgIpc) is 2.45. The number of rotatable bonds is 5. The van der Waals surface area contributed by atoms with Crippen LogP contribution in [0.15, 0.2) is 51.8 Å². The molecule has 0 unspecified atom stereocenters. The van der Waals surface area contributed by atoms with Crippen LogP contribution in [0.25, 0.3) is 0 Å². The van der Waals surface area contributed by atoms with Crippen LogP contribution in [0.5, 0.6) is 0 Å². The van der Waals surface area contributed by atoms with Crippen molar-refractivity contribution >= 4 is 39.1 Å². The summed E-state index contributed by atoms with van der Waals surface area (Å²) in [6, 6.07) is 12.7. The van der Waals surface area contributed by atoms with Crippen molar-refractivity contribution < 1.29 is 4.92 Å². The standard InChI is InChI=1S/C13H12BrN3O2S/c14-10-5-1-2-7-12(10)20-8-9-4-3-6-11(17(18)19)13(9)16-15/h1-7,16H,8,15H2. The predicted octanol–water partition coefficient (Wildman–Crippen LogP) is 3.94. The van der Waals surface area contributed by atoms with Gasteiger partial charge in [0.05, 0.1) is 4.92 Å². The maximum atomic E-state index is 11.0. The third-order valence-corrected chi connectivity index (χ3v) is 4.77. The van der Waals surface area contributed by atoms with Crippen molar-refractivity contribution in [3.8, 4) is 0 Å². The van der Waals surface area contributed by atoms with E-state index in [1.54, 1.807) is 17.8 Å². The number of thioether (sulfide) groups is 1. The smallest absolute Gasteiger partial charge is 0.293 e. The van der Waals surface area contributed by atoms with E-state index in [9.17, 15) is 10.1 Å². The number of nitro groups is 1. The second kappa shape index (κ2) is 6.74. The number of nitro benzene ring substituents is 1. The van der Waals surface area contributed by atoms with E-state index in [0.717, 1.165) is 14.9 Å². The molecule has 0 amide bonds. The van der Waals surface area contributed by atoms with E-state index in [1.807, 2.05) is 30.3 Å². The molecule has 2 aromatic carbocycles. The lowest BCUT2D eigenvalue weighted by Crippen LogP contribution is -2.11. The van der Waals surface area contributed by atoms with Crippen LogP contribution in [0, 0.1) is 10.1 Å². The van der Waals surface area contributed by atoms with Crippen molar-refractivity contribution in [2.24, 2.45) is 5.84 Å². The second-order valence-corrected chi connectivity index (χ2v) is 5.80. The molecule has 0 aliphatic carbocycles. The van der Waals surface area contributed by atoms with Crippen LogP contribution in [0.4, 0.5) is 11.4 Å². The summed E-state index contributed by atoms with van der Waals surface area (Å²) in [6.07, 6.45) is 0. The zero-order valence-corrected chi connectivity index (χ0v) is 12.8. The minimum atomic E-state index is -0.443. The van der Waals surface area contributed by atoms with Crippen LogP contribution < -0.4 is 11.3 Å². The van der Waals surface area contributed by atoms with E-state index < -0.39 is 4.92 Å². The molecule has 3 N–H and O–H groups in total. The van der Waals surface area contributed by atoms with E-state index in [4.69, 9.17) is 5.84 Å². The number of hydrogen-bond donors (Lipinski definition) is 2. The molecule has 0 saturated heterocycles. The number of nitrogen functional groups attached to an aromatic ring is 1. The van der Waals surface area contributed by atoms with Gasteiger partial charge >= 0.3 is 0 Å². The minimum absolute atomic E-state index is 0.0160. The Morgan fingerprint density at radius 2 is 2.00 bits per heavy atom. The van der Waals surface area contributed by atoms with Crippen molar-refractivity contribution in [2.75, 3.05) is 5.43 Å². The lowest BCUT2D eigenvalue weighted by molar-refractivity contribution is -0.384. The predicted molar refractivity (Wildman–Crippen MR) is 84.6 cm³/mol. The summed E-state index contributed by atoms with van der Waals surface area (Å²) in [5.41, 5.74) is 3.57. The highest BCUT2D eigenvalue weighted by Crippen LogP contribution is 2.34. The summed E-state index contributed by atoms with van der Waals surface area (Å²) in [6.45, 7) is 0. The number of benzene rings is 2. The largest absolute Gasteiger partial charge is 0.318 e. The van der Waals surface area contributed by atoms with Crippen LogP contribution in [0.3, 0.4) is 0 Å². The fourth-order valence-electron chi connectivity index (χ4n) is 1.74. The zero-order chi connectivity index (χ0) is 14.5. The molecule has 0 aliphatic heterocycles. The Morgan fingerprint density at radius 3 is 2.65 bits per heavy atom. The molecule has 0 saturated carbocycles. The molecule has 0 atom stereocenters. The van der Waals surface area contributed by atoms with Gasteiger partial charge in [-0.05, 0) is 33.6 Å². The number of anilines is 1. The lowest BCUT2D eigenvalue weighted by Gasteiger charge is -2.09. The fraction of sp³-hybridized carbons (Fsp3) is 0.0769. The molecule has 5 nitrogen and oxygen atoms in total. The van der Waals surface area contributed by atoms with Crippen LogP contribution in [-0.2, 0) is 5.75 Å². The number of halogens is 1. The summed E-state index contributed by atoms with van der Waals surface area (Å²) in [5.74, 6) is 6.00. The highest BCUT2D eigenvalue weighted by atomic mass is 79.9. The molecular formula is C13H12BrN3O2S. The molecule has 104 valence electrons. The Balaban J connectivity index is 2.24. The van der Waals surface area contributed by atoms with Gasteiger partial charge in [0.1, 0.15) is 5.69 Å². The number of hydrogen-bond acceptors (Lipinski definition) is 5. The maximum absolute atomic E-state index is 11.0. The Morgan fingerprint density at radius 1 is 1.25 bits per heavy atom. The first kappa shape index (κ1) is 14.8. The molecule has 0 heterocycles. The number of nitrogens with zero attached hydrogens (tertiary/aromatic N) is 1. The molecule has 0 fully saturated rings. The normalized spacial score (nSPS) is 10.3. The van der Waals surface area contributed by atoms with Crippen molar-refractivity contribution in [1.29, 1.82) is 0 Å². The molecule has 0 aliphatic rings. The highest BCUT2D eigenvalue weighted by molar-refractivity contribution is 9.10. The van der Waals surface area contributed by atoms with E-state index in [0.29, 0.717) is 11.4 Å². The number of hydrazine groups is 1. The Kier molecular flexibility index (Phi) is 4.99. The third-order valence-electron chi connectivity index (χ3n) is 2.69. The number of nitrogens with two attached hydrogens (primary N) is 1. The summed E-state index contributed by atoms with van der Waals surface area (Å²) in [4.78, 5) is 11.6. The van der Waals surface area contributed by atoms with Crippen LogP contribution in [0.2, 0.25) is 0 Å². The molecule has 2 aromatic rings. The van der Waals surface area contributed by atoms with Gasteiger partial charge in [-0.25, -0.2) is 0 Å². The van der Waals surface area contributed by atoms with Gasteiger partial charge in [-0.1, -0.05) is 24.3 Å². The van der Waals surface area contributed by atoms with Crippen LogP contribution >= 0.6 is 27.7 Å². The van der Waals surface area contributed by atoms with Crippen LogP contribution in [-0.4, -0.2) is 4.92 Å². The summed E-state index contributed by atoms with van der Waals surface area (Å²) < 4.78 is 0.998. The molecule has 0 bridgehead atoms. The van der Waals surface area contributed by atoms with E-state index in [-0.39, 0.29) is 5.69 Å². The van der Waals surface area contributed by atoms with Gasteiger partial charge in [0.15, 0.2) is 0 Å². The van der Waals surface area contributed by atoms with Gasteiger partial charge in [-0.3, -0.25) is 16.0 Å². The van der Waals surface area contributed by atoms with Gasteiger partial charge in [0, 0.05) is 21.2 Å². The number of nitrogens with one attached hydrogen (secondary N) is 1. The highest BCUT2D eigenvalue weighted by Gasteiger charge is 2.16. The Labute approximate surface area is 128 Å². The van der Waals surface area contributed by atoms with Gasteiger partial charge in [-0.15, -0.1) is 11.8 Å². The first-order chi connectivity index (χ1) is 9.63. The van der Waals surface area contributed by atoms with E-state index >= 15 is 0 Å². The van der Waals surface area contributed by atoms with E-state index in [1.165, 1.54) is 6.07 Å². The maximum Gasteiger partial charge on any atom is 0.293 e. The Bertz CT molecular complexity index is 637. The summed E-state index contributed by atoms with van der Waals surface area (Å²) in [7, 11) is 0. The molecule has 20 heavy (non-hydrogen) atoms. The van der Waals surface area contributed by atoms with Gasteiger partial charge in [-0.2, -0.15) is 0 Å². The molecule has 0 spiro atoms. The van der Waals surface area contributed by atoms with Crippen molar-refractivity contribution in [2.45, 2.75) is 10.6 Å². The van der Waals surface area contributed by atoms with Crippen LogP contribution in [0.1, 0.15) is 5.56 Å². The molecule has 0 aromatic heterocycles. The zero-order valence-electron chi connectivity index (χ0n) is 10.4. The van der Waals surface area contributed by atoms with Crippen molar-refractivity contribution in [1.82, 2.24) is 0 Å². The second-order valence-electron chi connectivity index (χ2n) is 3.93. The van der Waals surface area contributed by atoms with Gasteiger partial charge < -0.3 is 5.43 Å². The summed E-state index contributed by atoms with van der Waals surface area (Å²) >= 11 is 5.06.